The van der Waals surface area contributed by atoms with Crippen molar-refractivity contribution in [1.29, 1.82) is 0 Å². The largest absolute Gasteiger partial charge is 0.353 e. The molecule has 130 valence electrons. The molecule has 1 aliphatic heterocycles. The fourth-order valence-electron chi connectivity index (χ4n) is 3.60. The van der Waals surface area contributed by atoms with E-state index in [1.165, 1.54) is 12.1 Å². The van der Waals surface area contributed by atoms with Crippen molar-refractivity contribution in [2.75, 3.05) is 31.1 Å². The van der Waals surface area contributed by atoms with Crippen molar-refractivity contribution in [3.05, 3.63) is 53.7 Å². The molecular formula is C19H21FN4O. The third kappa shape index (κ3) is 2.97. The third-order valence-corrected chi connectivity index (χ3v) is 5.19. The Labute approximate surface area is 146 Å². The average Bonchev–Trinajstić information content (AvgIpc) is 3.43. The van der Waals surface area contributed by atoms with Crippen LogP contribution in [-0.4, -0.2) is 47.0 Å². The molecule has 0 unspecified atom stereocenters. The molecule has 5 nitrogen and oxygen atoms in total. The fourth-order valence-corrected chi connectivity index (χ4v) is 3.60. The van der Waals surface area contributed by atoms with Crippen molar-refractivity contribution in [1.82, 2.24) is 14.9 Å². The lowest BCUT2D eigenvalue weighted by Gasteiger charge is -2.37. The number of hydrogen-bond acceptors (Lipinski definition) is 4. The van der Waals surface area contributed by atoms with Gasteiger partial charge in [0.15, 0.2) is 0 Å². The Morgan fingerprint density at radius 2 is 1.92 bits per heavy atom. The Morgan fingerprint density at radius 1 is 1.16 bits per heavy atom. The number of halogens is 1. The van der Waals surface area contributed by atoms with Crippen molar-refractivity contribution in [3.8, 4) is 0 Å². The van der Waals surface area contributed by atoms with Crippen LogP contribution in [-0.2, 0) is 10.2 Å². The second kappa shape index (κ2) is 6.10. The average molecular weight is 340 g/mol. The molecule has 0 N–H and O–H groups in total. The summed E-state index contributed by atoms with van der Waals surface area (Å²) in [7, 11) is 0. The predicted molar refractivity (Wildman–Crippen MR) is 92.9 cm³/mol. The van der Waals surface area contributed by atoms with Gasteiger partial charge in [0.05, 0.1) is 5.41 Å². The van der Waals surface area contributed by atoms with E-state index in [9.17, 15) is 9.18 Å². The standard InChI is InChI=1S/C19H21FN4O/c1-14-21-8-5-17(22-14)23-9-11-24(12-10-23)18(25)19(6-7-19)15-3-2-4-16(20)13-15/h2-5,8,13H,6-7,9-12H2,1H3. The van der Waals surface area contributed by atoms with Gasteiger partial charge in [0, 0.05) is 32.4 Å². The van der Waals surface area contributed by atoms with Crippen LogP contribution in [0.2, 0.25) is 0 Å². The number of rotatable bonds is 3. The van der Waals surface area contributed by atoms with Gasteiger partial charge in [0.1, 0.15) is 17.5 Å². The maximum Gasteiger partial charge on any atom is 0.233 e. The van der Waals surface area contributed by atoms with Gasteiger partial charge < -0.3 is 9.80 Å². The van der Waals surface area contributed by atoms with E-state index in [0.29, 0.717) is 13.1 Å². The fraction of sp³-hybridized carbons (Fsp3) is 0.421. The van der Waals surface area contributed by atoms with Gasteiger partial charge in [-0.15, -0.1) is 0 Å². The maximum absolute atomic E-state index is 13.6. The zero-order valence-corrected chi connectivity index (χ0v) is 14.3. The lowest BCUT2D eigenvalue weighted by molar-refractivity contribution is -0.134. The van der Waals surface area contributed by atoms with E-state index in [4.69, 9.17) is 0 Å². The summed E-state index contributed by atoms with van der Waals surface area (Å²) in [6.07, 6.45) is 3.37. The Bertz CT molecular complexity index is 798. The summed E-state index contributed by atoms with van der Waals surface area (Å²) >= 11 is 0. The number of hydrogen-bond donors (Lipinski definition) is 0. The van der Waals surface area contributed by atoms with Crippen LogP contribution < -0.4 is 4.90 Å². The smallest absolute Gasteiger partial charge is 0.233 e. The molecule has 6 heteroatoms. The van der Waals surface area contributed by atoms with E-state index >= 15 is 0 Å². The molecule has 1 saturated carbocycles. The van der Waals surface area contributed by atoms with E-state index in [2.05, 4.69) is 14.9 Å². The molecule has 1 aliphatic carbocycles. The quantitative estimate of drug-likeness (QED) is 0.860. The van der Waals surface area contributed by atoms with Crippen molar-refractivity contribution in [2.45, 2.75) is 25.2 Å². The molecule has 0 spiro atoms. The van der Waals surface area contributed by atoms with E-state index in [-0.39, 0.29) is 11.7 Å². The number of nitrogens with zero attached hydrogens (tertiary/aromatic N) is 4. The highest BCUT2D eigenvalue weighted by molar-refractivity contribution is 5.91. The van der Waals surface area contributed by atoms with Crippen molar-refractivity contribution in [3.63, 3.8) is 0 Å². The highest BCUT2D eigenvalue weighted by atomic mass is 19.1. The molecule has 4 rings (SSSR count). The lowest BCUT2D eigenvalue weighted by atomic mass is 9.94. The van der Waals surface area contributed by atoms with E-state index < -0.39 is 5.41 Å². The number of anilines is 1. The first-order chi connectivity index (χ1) is 12.1. The highest BCUT2D eigenvalue weighted by Crippen LogP contribution is 2.49. The Kier molecular flexibility index (Phi) is 3.90. The number of aromatic nitrogens is 2. The summed E-state index contributed by atoms with van der Waals surface area (Å²) in [6, 6.07) is 8.39. The minimum atomic E-state index is -0.504. The molecule has 25 heavy (non-hydrogen) atoms. The first kappa shape index (κ1) is 16.0. The normalized spacial score (nSPS) is 19.0. The number of carbonyl (C=O) groups excluding carboxylic acids is 1. The minimum absolute atomic E-state index is 0.136. The number of aryl methyl sites for hydroxylation is 1. The van der Waals surface area contributed by atoms with Gasteiger partial charge in [-0.2, -0.15) is 0 Å². The number of piperazine rings is 1. The summed E-state index contributed by atoms with van der Waals surface area (Å²) in [5, 5.41) is 0. The van der Waals surface area contributed by atoms with Crippen LogP contribution in [0.15, 0.2) is 36.5 Å². The van der Waals surface area contributed by atoms with E-state index in [0.717, 1.165) is 43.1 Å². The molecule has 0 bridgehead atoms. The van der Waals surface area contributed by atoms with Gasteiger partial charge in [-0.3, -0.25) is 4.79 Å². The second-order valence-electron chi connectivity index (χ2n) is 6.83. The Hall–Kier alpha value is -2.50. The van der Waals surface area contributed by atoms with Gasteiger partial charge in [-0.1, -0.05) is 12.1 Å². The maximum atomic E-state index is 13.6. The van der Waals surface area contributed by atoms with Gasteiger partial charge >= 0.3 is 0 Å². The van der Waals surface area contributed by atoms with Gasteiger partial charge in [-0.25, -0.2) is 14.4 Å². The summed E-state index contributed by atoms with van der Waals surface area (Å²) in [5.74, 6) is 1.52. The number of benzene rings is 1. The zero-order chi connectivity index (χ0) is 17.4. The minimum Gasteiger partial charge on any atom is -0.353 e. The lowest BCUT2D eigenvalue weighted by Crippen LogP contribution is -2.51. The summed E-state index contributed by atoms with van der Waals surface area (Å²) in [6.45, 7) is 4.71. The Balaban J connectivity index is 1.45. The summed E-state index contributed by atoms with van der Waals surface area (Å²) < 4.78 is 13.6. The van der Waals surface area contributed by atoms with Gasteiger partial charge in [-0.05, 0) is 43.5 Å². The van der Waals surface area contributed by atoms with Crippen LogP contribution in [0.25, 0.3) is 0 Å². The molecule has 1 amide bonds. The molecule has 2 aliphatic rings. The van der Waals surface area contributed by atoms with Crippen LogP contribution in [0, 0.1) is 12.7 Å². The zero-order valence-electron chi connectivity index (χ0n) is 14.3. The Morgan fingerprint density at radius 3 is 2.56 bits per heavy atom. The van der Waals surface area contributed by atoms with Crippen LogP contribution in [0.1, 0.15) is 24.2 Å². The third-order valence-electron chi connectivity index (χ3n) is 5.19. The first-order valence-corrected chi connectivity index (χ1v) is 8.68. The van der Waals surface area contributed by atoms with E-state index in [1.54, 1.807) is 12.3 Å². The monoisotopic (exact) mass is 340 g/mol. The number of carbonyl (C=O) groups is 1. The number of amides is 1. The molecule has 1 saturated heterocycles. The van der Waals surface area contributed by atoms with Crippen molar-refractivity contribution < 1.29 is 9.18 Å². The highest BCUT2D eigenvalue weighted by Gasteiger charge is 2.53. The molecular weight excluding hydrogens is 319 g/mol. The predicted octanol–water partition coefficient (Wildman–Crippen LogP) is 2.30. The summed E-state index contributed by atoms with van der Waals surface area (Å²) in [4.78, 5) is 25.7. The van der Waals surface area contributed by atoms with Crippen LogP contribution in [0.4, 0.5) is 10.2 Å². The molecule has 2 heterocycles. The molecule has 2 fully saturated rings. The van der Waals surface area contributed by atoms with Crippen molar-refractivity contribution in [2.24, 2.45) is 0 Å². The molecule has 2 aromatic rings. The van der Waals surface area contributed by atoms with Gasteiger partial charge in [0.2, 0.25) is 5.91 Å². The molecule has 0 radical (unpaired) electrons. The first-order valence-electron chi connectivity index (χ1n) is 8.68. The summed E-state index contributed by atoms with van der Waals surface area (Å²) in [5.41, 5.74) is 0.307. The molecule has 1 aromatic carbocycles. The van der Waals surface area contributed by atoms with Crippen molar-refractivity contribution >= 4 is 11.7 Å². The van der Waals surface area contributed by atoms with Gasteiger partial charge in [0.25, 0.3) is 0 Å². The van der Waals surface area contributed by atoms with Crippen LogP contribution >= 0.6 is 0 Å². The van der Waals surface area contributed by atoms with Crippen LogP contribution in [0.3, 0.4) is 0 Å². The molecule has 1 aromatic heterocycles. The van der Waals surface area contributed by atoms with E-state index in [1.807, 2.05) is 24.0 Å². The molecule has 0 atom stereocenters. The second-order valence-corrected chi connectivity index (χ2v) is 6.83. The topological polar surface area (TPSA) is 49.3 Å². The SMILES string of the molecule is Cc1nccc(N2CCN(C(=O)C3(c4cccc(F)c4)CC3)CC2)n1. The van der Waals surface area contributed by atoms with Crippen LogP contribution in [0.5, 0.6) is 0 Å².